The minimum absolute atomic E-state index is 0.0177. The Bertz CT molecular complexity index is 1280. The van der Waals surface area contributed by atoms with Gasteiger partial charge in [-0.2, -0.15) is 5.26 Å². The molecule has 0 bridgehead atoms. The molecule has 1 amide bonds. The molecule has 33 heavy (non-hydrogen) atoms. The largest absolute Gasteiger partial charge is 0.487 e. The zero-order valence-corrected chi connectivity index (χ0v) is 23.5. The molecule has 0 radical (unpaired) electrons. The molecule has 0 atom stereocenters. The number of carbonyl (C=O) groups excluding carboxylic acids is 1. The van der Waals surface area contributed by atoms with E-state index in [4.69, 9.17) is 27.9 Å². The Hall–Kier alpha value is -1.80. The molecule has 168 valence electrons. The number of nitrogens with one attached hydrogen (secondary N) is 1. The van der Waals surface area contributed by atoms with Crippen LogP contribution in [0.15, 0.2) is 54.1 Å². The van der Waals surface area contributed by atoms with Crippen molar-refractivity contribution in [1.82, 2.24) is 0 Å². The molecule has 0 heterocycles. The second kappa shape index (κ2) is 11.6. The number of hydrogen-bond acceptors (Lipinski definition) is 3. The molecule has 3 aromatic rings. The van der Waals surface area contributed by atoms with Crippen LogP contribution in [0.3, 0.4) is 0 Å². The van der Waals surface area contributed by atoms with Gasteiger partial charge >= 0.3 is 0 Å². The molecule has 0 aromatic heterocycles. The zero-order valence-electron chi connectivity index (χ0n) is 17.7. The van der Waals surface area contributed by atoms with Gasteiger partial charge in [0.05, 0.1) is 7.14 Å². The molecule has 3 rings (SSSR count). The number of halogens is 4. The second-order valence-corrected chi connectivity index (χ2v) is 10.4. The van der Waals surface area contributed by atoms with Crippen molar-refractivity contribution < 1.29 is 9.53 Å². The van der Waals surface area contributed by atoms with E-state index in [0.29, 0.717) is 28.1 Å². The average Bonchev–Trinajstić information content (AvgIpc) is 2.75. The quantitative estimate of drug-likeness (QED) is 0.161. The lowest BCUT2D eigenvalue weighted by atomic mass is 10.1. The summed E-state index contributed by atoms with van der Waals surface area (Å²) >= 11 is 16.5. The third-order valence-electron chi connectivity index (χ3n) is 4.94. The van der Waals surface area contributed by atoms with Gasteiger partial charge in [0.2, 0.25) is 0 Å². The Kier molecular flexibility index (Phi) is 9.04. The number of anilines is 1. The van der Waals surface area contributed by atoms with Crippen LogP contribution in [0.1, 0.15) is 22.3 Å². The summed E-state index contributed by atoms with van der Waals surface area (Å²) in [6.07, 6.45) is 1.57. The maximum atomic E-state index is 12.7. The van der Waals surface area contributed by atoms with E-state index >= 15 is 0 Å². The first-order valence-corrected chi connectivity index (χ1v) is 12.7. The molecule has 0 saturated heterocycles. The summed E-state index contributed by atoms with van der Waals surface area (Å²) in [5.41, 5.74) is 4.29. The molecule has 3 aromatic carbocycles. The third kappa shape index (κ3) is 6.63. The third-order valence-corrected chi connectivity index (χ3v) is 7.13. The van der Waals surface area contributed by atoms with Crippen LogP contribution in [0.25, 0.3) is 6.08 Å². The molecule has 1 N–H and O–H groups in total. The number of ether oxygens (including phenoxy) is 1. The Morgan fingerprint density at radius 3 is 2.45 bits per heavy atom. The maximum absolute atomic E-state index is 12.7. The van der Waals surface area contributed by atoms with E-state index in [-0.39, 0.29) is 5.57 Å². The minimum atomic E-state index is -0.450. The molecule has 0 saturated carbocycles. The van der Waals surface area contributed by atoms with E-state index in [1.54, 1.807) is 18.2 Å². The minimum Gasteiger partial charge on any atom is -0.487 e. The van der Waals surface area contributed by atoms with E-state index in [9.17, 15) is 10.1 Å². The van der Waals surface area contributed by atoms with Crippen LogP contribution in [-0.4, -0.2) is 5.91 Å². The highest BCUT2D eigenvalue weighted by Crippen LogP contribution is 2.31. The van der Waals surface area contributed by atoms with Gasteiger partial charge in [0.25, 0.3) is 5.91 Å². The fourth-order valence-electron chi connectivity index (χ4n) is 2.98. The van der Waals surface area contributed by atoms with Crippen molar-refractivity contribution in [2.24, 2.45) is 0 Å². The fourth-order valence-corrected chi connectivity index (χ4v) is 5.57. The van der Waals surface area contributed by atoms with Gasteiger partial charge in [-0.05, 0) is 112 Å². The Balaban J connectivity index is 1.80. The first kappa shape index (κ1) is 25.8. The van der Waals surface area contributed by atoms with Gasteiger partial charge in [0.15, 0.2) is 0 Å². The van der Waals surface area contributed by atoms with E-state index in [0.717, 1.165) is 29.4 Å². The molecule has 0 aliphatic rings. The molecule has 0 unspecified atom stereocenters. The number of rotatable bonds is 6. The highest BCUT2D eigenvalue weighted by molar-refractivity contribution is 14.1. The Labute approximate surface area is 230 Å². The van der Waals surface area contributed by atoms with E-state index in [1.807, 2.05) is 56.3 Å². The summed E-state index contributed by atoms with van der Waals surface area (Å²) in [5.74, 6) is 0.256. The Morgan fingerprint density at radius 1 is 1.12 bits per heavy atom. The van der Waals surface area contributed by atoms with Crippen LogP contribution in [0, 0.1) is 32.3 Å². The lowest BCUT2D eigenvalue weighted by Crippen LogP contribution is -2.14. The zero-order chi connectivity index (χ0) is 24.1. The van der Waals surface area contributed by atoms with E-state index in [2.05, 4.69) is 50.5 Å². The molecule has 0 aliphatic carbocycles. The number of carbonyl (C=O) groups is 1. The standard InChI is InChI=1S/C25H18Cl2I2N2O2/c1-14-4-3-5-23(15(14)2)31-25(32)18(12-30)8-16-9-21(28)24(22(29)10-16)33-13-17-6-7-19(26)11-20(17)27/h3-11H,13H2,1-2H3,(H,31,32)/b18-8+. The van der Waals surface area contributed by atoms with Crippen LogP contribution in [0.2, 0.25) is 10.0 Å². The number of benzene rings is 3. The predicted molar refractivity (Wildman–Crippen MR) is 151 cm³/mol. The summed E-state index contributed by atoms with van der Waals surface area (Å²) in [4.78, 5) is 12.7. The highest BCUT2D eigenvalue weighted by atomic mass is 127. The summed E-state index contributed by atoms with van der Waals surface area (Å²) in [7, 11) is 0. The smallest absolute Gasteiger partial charge is 0.266 e. The molecule has 0 aliphatic heterocycles. The SMILES string of the molecule is Cc1cccc(NC(=O)/C(C#N)=C/c2cc(I)c(OCc3ccc(Cl)cc3Cl)c(I)c2)c1C. The van der Waals surface area contributed by atoms with Crippen molar-refractivity contribution in [3.8, 4) is 11.8 Å². The maximum Gasteiger partial charge on any atom is 0.266 e. The van der Waals surface area contributed by atoms with Crippen LogP contribution < -0.4 is 10.1 Å². The van der Waals surface area contributed by atoms with Crippen molar-refractivity contribution in [3.63, 3.8) is 0 Å². The topological polar surface area (TPSA) is 62.1 Å². The molecule has 0 spiro atoms. The number of nitrogens with zero attached hydrogens (tertiary/aromatic N) is 1. The monoisotopic (exact) mass is 702 g/mol. The van der Waals surface area contributed by atoms with Crippen molar-refractivity contribution in [3.05, 3.63) is 93.5 Å². The van der Waals surface area contributed by atoms with Gasteiger partial charge in [0, 0.05) is 21.3 Å². The van der Waals surface area contributed by atoms with Crippen LogP contribution >= 0.6 is 68.4 Å². The van der Waals surface area contributed by atoms with Crippen molar-refractivity contribution >= 4 is 86.1 Å². The number of hydrogen-bond donors (Lipinski definition) is 1. The molecular weight excluding hydrogens is 685 g/mol. The molecule has 0 fully saturated rings. The average molecular weight is 703 g/mol. The lowest BCUT2D eigenvalue weighted by Gasteiger charge is -2.13. The summed E-state index contributed by atoms with van der Waals surface area (Å²) in [6.45, 7) is 4.20. The van der Waals surface area contributed by atoms with Gasteiger partial charge in [-0.25, -0.2) is 0 Å². The molecule has 4 nitrogen and oxygen atoms in total. The Morgan fingerprint density at radius 2 is 1.82 bits per heavy atom. The van der Waals surface area contributed by atoms with Crippen molar-refractivity contribution in [1.29, 1.82) is 5.26 Å². The van der Waals surface area contributed by atoms with Gasteiger partial charge in [-0.1, -0.05) is 41.4 Å². The van der Waals surface area contributed by atoms with Crippen LogP contribution in [0.4, 0.5) is 5.69 Å². The predicted octanol–water partition coefficient (Wildman–Crippen LogP) is 7.94. The van der Waals surface area contributed by atoms with Crippen molar-refractivity contribution in [2.45, 2.75) is 20.5 Å². The van der Waals surface area contributed by atoms with Crippen molar-refractivity contribution in [2.75, 3.05) is 5.32 Å². The van der Waals surface area contributed by atoms with E-state index < -0.39 is 5.91 Å². The fraction of sp³-hybridized carbons (Fsp3) is 0.120. The highest BCUT2D eigenvalue weighted by Gasteiger charge is 2.14. The molecular formula is C25H18Cl2I2N2O2. The van der Waals surface area contributed by atoms with Crippen LogP contribution in [0.5, 0.6) is 5.75 Å². The number of aryl methyl sites for hydroxylation is 1. The summed E-state index contributed by atoms with van der Waals surface area (Å²) in [5, 5.41) is 13.5. The van der Waals surface area contributed by atoms with Gasteiger partial charge in [-0.3, -0.25) is 4.79 Å². The lowest BCUT2D eigenvalue weighted by molar-refractivity contribution is -0.112. The summed E-state index contributed by atoms with van der Waals surface area (Å²) < 4.78 is 7.70. The van der Waals surface area contributed by atoms with Gasteiger partial charge in [0.1, 0.15) is 24.0 Å². The van der Waals surface area contributed by atoms with Gasteiger partial charge < -0.3 is 10.1 Å². The first-order chi connectivity index (χ1) is 15.7. The number of amides is 1. The number of nitriles is 1. The molecule has 8 heteroatoms. The summed E-state index contributed by atoms with van der Waals surface area (Å²) in [6, 6.07) is 16.7. The second-order valence-electron chi connectivity index (χ2n) is 7.21. The first-order valence-electron chi connectivity index (χ1n) is 9.74. The van der Waals surface area contributed by atoms with E-state index in [1.165, 1.54) is 0 Å². The normalized spacial score (nSPS) is 11.1. The van der Waals surface area contributed by atoms with Crippen LogP contribution in [-0.2, 0) is 11.4 Å². The van der Waals surface area contributed by atoms with Gasteiger partial charge in [-0.15, -0.1) is 0 Å².